The van der Waals surface area contributed by atoms with Crippen LogP contribution < -0.4 is 0 Å². The summed E-state index contributed by atoms with van der Waals surface area (Å²) >= 11 is 7.77. The molecule has 0 saturated heterocycles. The molecule has 15 heavy (non-hydrogen) atoms. The van der Waals surface area contributed by atoms with E-state index in [4.69, 9.17) is 0 Å². The Hall–Kier alpha value is -0.480. The van der Waals surface area contributed by atoms with Crippen molar-refractivity contribution in [2.75, 3.05) is 0 Å². The zero-order chi connectivity index (χ0) is 10.8. The van der Waals surface area contributed by atoms with Crippen LogP contribution in [0.1, 0.15) is 19.2 Å². The topological polar surface area (TPSA) is 17.8 Å². The monoisotopic (exact) mass is 284 g/mol. The summed E-state index contributed by atoms with van der Waals surface area (Å²) in [6, 6.07) is 6.21. The van der Waals surface area contributed by atoms with Crippen LogP contribution in [-0.4, -0.2) is 9.55 Å². The van der Waals surface area contributed by atoms with Gasteiger partial charge in [0.05, 0.1) is 11.0 Å². The standard InChI is InChI=1S/C11H13BrN2S/c1-2-5-14-10-4-3-8(12)6-9(10)13-11(14)7-15/h3-4,6,15H,2,5,7H2,1H3. The molecule has 0 aliphatic heterocycles. The van der Waals surface area contributed by atoms with Gasteiger partial charge >= 0.3 is 0 Å². The second kappa shape index (κ2) is 4.58. The molecule has 1 aromatic heterocycles. The molecular weight excluding hydrogens is 272 g/mol. The van der Waals surface area contributed by atoms with Crippen molar-refractivity contribution in [2.45, 2.75) is 25.6 Å². The number of halogens is 1. The van der Waals surface area contributed by atoms with E-state index in [1.165, 1.54) is 5.52 Å². The minimum Gasteiger partial charge on any atom is -0.327 e. The van der Waals surface area contributed by atoms with Crippen LogP contribution in [0.15, 0.2) is 22.7 Å². The van der Waals surface area contributed by atoms with E-state index in [0.29, 0.717) is 5.75 Å². The average molecular weight is 285 g/mol. The Morgan fingerprint density at radius 1 is 1.47 bits per heavy atom. The molecule has 0 saturated carbocycles. The molecule has 0 amide bonds. The maximum Gasteiger partial charge on any atom is 0.119 e. The van der Waals surface area contributed by atoms with Crippen LogP contribution in [0.2, 0.25) is 0 Å². The third kappa shape index (κ3) is 2.06. The van der Waals surface area contributed by atoms with Crippen LogP contribution in [0.4, 0.5) is 0 Å². The molecule has 0 radical (unpaired) electrons. The molecule has 0 spiro atoms. The van der Waals surface area contributed by atoms with Crippen LogP contribution in [0.3, 0.4) is 0 Å². The van der Waals surface area contributed by atoms with Gasteiger partial charge in [-0.15, -0.1) is 0 Å². The van der Waals surface area contributed by atoms with Gasteiger partial charge in [0.2, 0.25) is 0 Å². The molecule has 80 valence electrons. The number of benzene rings is 1. The summed E-state index contributed by atoms with van der Waals surface area (Å²) < 4.78 is 3.32. The van der Waals surface area contributed by atoms with Gasteiger partial charge in [0.15, 0.2) is 0 Å². The van der Waals surface area contributed by atoms with E-state index in [1.807, 2.05) is 0 Å². The fourth-order valence-corrected chi connectivity index (χ4v) is 2.34. The van der Waals surface area contributed by atoms with Crippen LogP contribution in [0.5, 0.6) is 0 Å². The van der Waals surface area contributed by atoms with Crippen molar-refractivity contribution in [3.63, 3.8) is 0 Å². The molecule has 4 heteroatoms. The molecule has 0 unspecified atom stereocenters. The Morgan fingerprint density at radius 2 is 2.27 bits per heavy atom. The van der Waals surface area contributed by atoms with Crippen molar-refractivity contribution in [2.24, 2.45) is 0 Å². The summed E-state index contributed by atoms with van der Waals surface area (Å²) in [6.07, 6.45) is 1.11. The number of nitrogens with zero attached hydrogens (tertiary/aromatic N) is 2. The van der Waals surface area contributed by atoms with Gasteiger partial charge in [-0.2, -0.15) is 12.6 Å². The number of aromatic nitrogens is 2. The largest absolute Gasteiger partial charge is 0.327 e. The van der Waals surface area contributed by atoms with Crippen molar-refractivity contribution in [1.29, 1.82) is 0 Å². The lowest BCUT2D eigenvalue weighted by Crippen LogP contribution is -2.01. The Balaban J connectivity index is 2.63. The minimum atomic E-state index is 0.687. The predicted molar refractivity (Wildman–Crippen MR) is 70.4 cm³/mol. The Morgan fingerprint density at radius 3 is 2.93 bits per heavy atom. The first-order chi connectivity index (χ1) is 7.26. The van der Waals surface area contributed by atoms with Crippen molar-refractivity contribution in [3.05, 3.63) is 28.5 Å². The van der Waals surface area contributed by atoms with Gasteiger partial charge in [0.1, 0.15) is 5.82 Å². The van der Waals surface area contributed by atoms with Crippen LogP contribution >= 0.6 is 28.6 Å². The number of hydrogen-bond acceptors (Lipinski definition) is 2. The maximum absolute atomic E-state index is 4.57. The number of imidazole rings is 1. The van der Waals surface area contributed by atoms with Gasteiger partial charge in [-0.25, -0.2) is 4.98 Å². The first-order valence-electron chi connectivity index (χ1n) is 5.01. The van der Waals surface area contributed by atoms with E-state index >= 15 is 0 Å². The number of rotatable bonds is 3. The second-order valence-corrected chi connectivity index (χ2v) is 4.70. The molecule has 0 N–H and O–H groups in total. The van der Waals surface area contributed by atoms with Gasteiger partial charge in [0.25, 0.3) is 0 Å². The van der Waals surface area contributed by atoms with E-state index in [9.17, 15) is 0 Å². The second-order valence-electron chi connectivity index (χ2n) is 3.47. The average Bonchev–Trinajstić information content (AvgIpc) is 2.56. The smallest absolute Gasteiger partial charge is 0.119 e. The fourth-order valence-electron chi connectivity index (χ4n) is 1.75. The van der Waals surface area contributed by atoms with E-state index < -0.39 is 0 Å². The Kier molecular flexibility index (Phi) is 3.36. The van der Waals surface area contributed by atoms with E-state index in [0.717, 1.165) is 28.8 Å². The van der Waals surface area contributed by atoms with Crippen LogP contribution in [0, 0.1) is 0 Å². The number of fused-ring (bicyclic) bond motifs is 1. The summed E-state index contributed by atoms with van der Waals surface area (Å²) in [5.41, 5.74) is 2.24. The van der Waals surface area contributed by atoms with Gasteiger partial charge in [-0.3, -0.25) is 0 Å². The zero-order valence-electron chi connectivity index (χ0n) is 8.57. The quantitative estimate of drug-likeness (QED) is 0.852. The molecule has 0 aliphatic rings. The summed E-state index contributed by atoms with van der Waals surface area (Å²) in [6.45, 7) is 3.18. The summed E-state index contributed by atoms with van der Waals surface area (Å²) in [5, 5.41) is 0. The third-order valence-electron chi connectivity index (χ3n) is 2.38. The van der Waals surface area contributed by atoms with Crippen molar-refractivity contribution in [1.82, 2.24) is 9.55 Å². The van der Waals surface area contributed by atoms with E-state index in [-0.39, 0.29) is 0 Å². The summed E-state index contributed by atoms with van der Waals surface area (Å²) in [4.78, 5) is 4.57. The highest BCUT2D eigenvalue weighted by molar-refractivity contribution is 9.10. The van der Waals surface area contributed by atoms with Gasteiger partial charge in [-0.05, 0) is 24.6 Å². The number of thiol groups is 1. The van der Waals surface area contributed by atoms with Gasteiger partial charge in [0, 0.05) is 16.8 Å². The van der Waals surface area contributed by atoms with E-state index in [2.05, 4.69) is 63.2 Å². The molecular formula is C11H13BrN2S. The molecule has 1 heterocycles. The molecule has 1 aromatic carbocycles. The normalized spacial score (nSPS) is 11.1. The highest BCUT2D eigenvalue weighted by Gasteiger charge is 2.08. The first kappa shape index (κ1) is 11.0. The lowest BCUT2D eigenvalue weighted by molar-refractivity contribution is 0.673. The van der Waals surface area contributed by atoms with E-state index in [1.54, 1.807) is 0 Å². The zero-order valence-corrected chi connectivity index (χ0v) is 11.1. The fraction of sp³-hybridized carbons (Fsp3) is 0.364. The summed E-state index contributed by atoms with van der Waals surface area (Å²) in [5.74, 6) is 1.74. The SMILES string of the molecule is CCCn1c(CS)nc2cc(Br)ccc21. The minimum absolute atomic E-state index is 0.687. The Bertz CT molecular complexity index is 479. The Labute approximate surface area is 103 Å². The summed E-state index contributed by atoms with van der Waals surface area (Å²) in [7, 11) is 0. The van der Waals surface area contributed by atoms with Crippen molar-refractivity contribution >= 4 is 39.6 Å². The molecule has 0 atom stereocenters. The molecule has 0 bridgehead atoms. The molecule has 0 fully saturated rings. The van der Waals surface area contributed by atoms with Crippen molar-refractivity contribution in [3.8, 4) is 0 Å². The number of hydrogen-bond donors (Lipinski definition) is 1. The lowest BCUT2D eigenvalue weighted by atomic mass is 10.3. The molecule has 2 aromatic rings. The van der Waals surface area contributed by atoms with Crippen LogP contribution in [0.25, 0.3) is 11.0 Å². The van der Waals surface area contributed by atoms with Gasteiger partial charge < -0.3 is 4.57 Å². The molecule has 0 aliphatic carbocycles. The molecule has 2 nitrogen and oxygen atoms in total. The number of aryl methyl sites for hydroxylation is 1. The van der Waals surface area contributed by atoms with Crippen LogP contribution in [-0.2, 0) is 12.3 Å². The lowest BCUT2D eigenvalue weighted by Gasteiger charge is -2.05. The maximum atomic E-state index is 4.57. The van der Waals surface area contributed by atoms with Gasteiger partial charge in [-0.1, -0.05) is 22.9 Å². The third-order valence-corrected chi connectivity index (χ3v) is 3.15. The predicted octanol–water partition coefficient (Wildman–Crippen LogP) is 3.64. The molecule has 2 rings (SSSR count). The van der Waals surface area contributed by atoms with Crippen molar-refractivity contribution < 1.29 is 0 Å². The first-order valence-corrected chi connectivity index (χ1v) is 6.44. The highest BCUT2D eigenvalue weighted by atomic mass is 79.9. The highest BCUT2D eigenvalue weighted by Crippen LogP contribution is 2.21.